The first-order valence-electron chi connectivity index (χ1n) is 8.25. The van der Waals surface area contributed by atoms with Gasteiger partial charge in [0, 0.05) is 25.9 Å². The van der Waals surface area contributed by atoms with Crippen LogP contribution < -0.4 is 5.56 Å². The number of piperidine rings is 1. The first kappa shape index (κ1) is 16.5. The number of pyridine rings is 1. The number of carbonyl (C=O) groups is 1. The number of hydrogen-bond donors (Lipinski definition) is 1. The van der Waals surface area contributed by atoms with Crippen LogP contribution in [-0.4, -0.2) is 41.6 Å². The van der Waals surface area contributed by atoms with Gasteiger partial charge in [-0.05, 0) is 30.9 Å². The highest BCUT2D eigenvalue weighted by molar-refractivity contribution is 5.94. The molecule has 1 amide bonds. The molecule has 1 fully saturated rings. The lowest BCUT2D eigenvalue weighted by atomic mass is 9.92. The number of H-pyrrole nitrogens is 1. The van der Waals surface area contributed by atoms with Gasteiger partial charge in [0.1, 0.15) is 0 Å². The Balaban J connectivity index is 1.86. The minimum absolute atomic E-state index is 0.00872. The molecule has 24 heavy (non-hydrogen) atoms. The summed E-state index contributed by atoms with van der Waals surface area (Å²) in [6.07, 6.45) is 4.13. The Bertz CT molecular complexity index is 721. The van der Waals surface area contributed by atoms with E-state index in [1.807, 2.05) is 23.1 Å². The van der Waals surface area contributed by atoms with Crippen LogP contribution in [0.5, 0.6) is 0 Å². The zero-order valence-electron chi connectivity index (χ0n) is 13.8. The fourth-order valence-electron chi connectivity index (χ4n) is 3.36. The molecule has 0 unspecified atom stereocenters. The van der Waals surface area contributed by atoms with Crippen molar-refractivity contribution in [3.05, 3.63) is 70.1 Å². The maximum absolute atomic E-state index is 12.9. The van der Waals surface area contributed by atoms with E-state index in [-0.39, 0.29) is 23.6 Å². The van der Waals surface area contributed by atoms with E-state index in [9.17, 15) is 9.59 Å². The van der Waals surface area contributed by atoms with Gasteiger partial charge in [0.15, 0.2) is 0 Å². The van der Waals surface area contributed by atoms with Gasteiger partial charge in [0.05, 0.1) is 17.7 Å². The molecule has 2 heterocycles. The van der Waals surface area contributed by atoms with Crippen molar-refractivity contribution in [1.82, 2.24) is 9.88 Å². The van der Waals surface area contributed by atoms with Crippen LogP contribution in [0.15, 0.2) is 53.5 Å². The van der Waals surface area contributed by atoms with Gasteiger partial charge in [-0.25, -0.2) is 0 Å². The minimum atomic E-state index is -0.208. The van der Waals surface area contributed by atoms with Crippen LogP contribution in [0.3, 0.4) is 0 Å². The van der Waals surface area contributed by atoms with E-state index in [2.05, 4.69) is 17.1 Å². The molecule has 1 saturated heterocycles. The number of amides is 1. The van der Waals surface area contributed by atoms with Crippen molar-refractivity contribution in [1.29, 1.82) is 0 Å². The summed E-state index contributed by atoms with van der Waals surface area (Å²) < 4.78 is 5.66. The van der Waals surface area contributed by atoms with Crippen LogP contribution >= 0.6 is 0 Å². The van der Waals surface area contributed by atoms with Gasteiger partial charge in [0.2, 0.25) is 5.56 Å². The summed E-state index contributed by atoms with van der Waals surface area (Å²) in [5.74, 6) is -0.0612. The quantitative estimate of drug-likeness (QED) is 0.937. The summed E-state index contributed by atoms with van der Waals surface area (Å²) >= 11 is 0. The summed E-state index contributed by atoms with van der Waals surface area (Å²) in [6.45, 7) is 0.704. The SMILES string of the molecule is CO[C@H]1CCCN(C(=O)c2ccc(=O)[nH]c2)[C@H]1Cc1ccccc1. The fourth-order valence-corrected chi connectivity index (χ4v) is 3.36. The van der Waals surface area contributed by atoms with Gasteiger partial charge in [-0.1, -0.05) is 30.3 Å². The van der Waals surface area contributed by atoms with E-state index in [1.54, 1.807) is 13.2 Å². The Labute approximate surface area is 141 Å². The topological polar surface area (TPSA) is 62.4 Å². The van der Waals surface area contributed by atoms with Gasteiger partial charge in [-0.2, -0.15) is 0 Å². The second-order valence-electron chi connectivity index (χ2n) is 6.11. The summed E-state index contributed by atoms with van der Waals surface area (Å²) in [5, 5.41) is 0. The van der Waals surface area contributed by atoms with Gasteiger partial charge >= 0.3 is 0 Å². The van der Waals surface area contributed by atoms with E-state index in [4.69, 9.17) is 4.74 Å². The molecule has 0 saturated carbocycles. The Morgan fingerprint density at radius 3 is 2.71 bits per heavy atom. The lowest BCUT2D eigenvalue weighted by molar-refractivity contribution is -0.0117. The first-order chi connectivity index (χ1) is 11.7. The molecule has 126 valence electrons. The Hall–Kier alpha value is -2.40. The number of carbonyl (C=O) groups excluding carboxylic acids is 1. The minimum Gasteiger partial charge on any atom is -0.379 e. The maximum Gasteiger partial charge on any atom is 0.255 e. The van der Waals surface area contributed by atoms with Crippen molar-refractivity contribution < 1.29 is 9.53 Å². The molecule has 1 aliphatic heterocycles. The summed E-state index contributed by atoms with van der Waals surface area (Å²) in [4.78, 5) is 28.6. The monoisotopic (exact) mass is 326 g/mol. The third kappa shape index (κ3) is 3.57. The third-order valence-electron chi connectivity index (χ3n) is 4.60. The van der Waals surface area contributed by atoms with Crippen molar-refractivity contribution in [3.8, 4) is 0 Å². The van der Waals surface area contributed by atoms with E-state index in [0.29, 0.717) is 12.1 Å². The Kier molecular flexibility index (Phi) is 5.11. The number of aromatic nitrogens is 1. The second kappa shape index (κ2) is 7.45. The van der Waals surface area contributed by atoms with Crippen molar-refractivity contribution in [2.24, 2.45) is 0 Å². The van der Waals surface area contributed by atoms with Crippen LogP contribution in [0.2, 0.25) is 0 Å². The number of methoxy groups -OCH3 is 1. The molecule has 1 N–H and O–H groups in total. The van der Waals surface area contributed by atoms with Crippen molar-refractivity contribution in [2.45, 2.75) is 31.4 Å². The molecule has 2 aromatic rings. The molecule has 5 nitrogen and oxygen atoms in total. The Morgan fingerprint density at radius 2 is 2.04 bits per heavy atom. The number of rotatable bonds is 4. The number of aromatic amines is 1. The number of nitrogens with one attached hydrogen (secondary N) is 1. The van der Waals surface area contributed by atoms with Gasteiger partial charge in [-0.3, -0.25) is 9.59 Å². The highest BCUT2D eigenvalue weighted by atomic mass is 16.5. The van der Waals surface area contributed by atoms with E-state index >= 15 is 0 Å². The molecule has 0 radical (unpaired) electrons. The lowest BCUT2D eigenvalue weighted by Crippen LogP contribution is -2.52. The molecule has 3 rings (SSSR count). The molecule has 5 heteroatoms. The molecular formula is C19H22N2O3. The summed E-state index contributed by atoms with van der Waals surface area (Å²) in [5.41, 5.74) is 1.48. The number of ether oxygens (including phenoxy) is 1. The van der Waals surface area contributed by atoms with E-state index in [1.165, 1.54) is 17.8 Å². The zero-order chi connectivity index (χ0) is 16.9. The van der Waals surface area contributed by atoms with Crippen molar-refractivity contribution in [2.75, 3.05) is 13.7 Å². The van der Waals surface area contributed by atoms with E-state index in [0.717, 1.165) is 19.3 Å². The molecule has 2 atom stereocenters. The van der Waals surface area contributed by atoms with E-state index < -0.39 is 0 Å². The largest absolute Gasteiger partial charge is 0.379 e. The van der Waals surface area contributed by atoms with Gasteiger partial charge < -0.3 is 14.6 Å². The van der Waals surface area contributed by atoms with Crippen LogP contribution in [0.4, 0.5) is 0 Å². The molecule has 1 aliphatic rings. The maximum atomic E-state index is 12.9. The molecule has 0 aliphatic carbocycles. The van der Waals surface area contributed by atoms with Crippen LogP contribution in [0.25, 0.3) is 0 Å². The summed E-state index contributed by atoms with van der Waals surface area (Å²) in [6, 6.07) is 13.1. The Morgan fingerprint density at radius 1 is 1.25 bits per heavy atom. The number of nitrogens with zero attached hydrogens (tertiary/aromatic N) is 1. The number of benzene rings is 1. The predicted molar refractivity (Wildman–Crippen MR) is 92.1 cm³/mol. The van der Waals surface area contributed by atoms with Crippen molar-refractivity contribution >= 4 is 5.91 Å². The molecule has 1 aromatic carbocycles. The molecular weight excluding hydrogens is 304 g/mol. The van der Waals surface area contributed by atoms with Crippen LogP contribution in [0.1, 0.15) is 28.8 Å². The number of hydrogen-bond acceptors (Lipinski definition) is 3. The van der Waals surface area contributed by atoms with Crippen LogP contribution in [0, 0.1) is 0 Å². The van der Waals surface area contributed by atoms with Crippen LogP contribution in [-0.2, 0) is 11.2 Å². The smallest absolute Gasteiger partial charge is 0.255 e. The number of likely N-dealkylation sites (tertiary alicyclic amines) is 1. The second-order valence-corrected chi connectivity index (χ2v) is 6.11. The van der Waals surface area contributed by atoms with Gasteiger partial charge in [0.25, 0.3) is 5.91 Å². The standard InChI is InChI=1S/C19H22N2O3/c1-24-17-8-5-11-21(16(17)12-14-6-3-2-4-7-14)19(23)15-9-10-18(22)20-13-15/h2-4,6-7,9-10,13,16-17H,5,8,11-12H2,1H3,(H,20,22)/t16-,17-/m0/s1. The fraction of sp³-hybridized carbons (Fsp3) is 0.368. The molecule has 0 spiro atoms. The van der Waals surface area contributed by atoms with Gasteiger partial charge in [-0.15, -0.1) is 0 Å². The average Bonchev–Trinajstić information content (AvgIpc) is 2.63. The molecule has 1 aromatic heterocycles. The highest BCUT2D eigenvalue weighted by Crippen LogP contribution is 2.25. The predicted octanol–water partition coefficient (Wildman–Crippen LogP) is 2.24. The first-order valence-corrected chi connectivity index (χ1v) is 8.25. The average molecular weight is 326 g/mol. The zero-order valence-corrected chi connectivity index (χ0v) is 13.8. The lowest BCUT2D eigenvalue weighted by Gasteiger charge is -2.41. The normalized spacial score (nSPS) is 20.8. The highest BCUT2D eigenvalue weighted by Gasteiger charge is 2.34. The molecule has 0 bridgehead atoms. The van der Waals surface area contributed by atoms with Crippen molar-refractivity contribution in [3.63, 3.8) is 0 Å². The summed E-state index contributed by atoms with van der Waals surface area (Å²) in [7, 11) is 1.70. The third-order valence-corrected chi connectivity index (χ3v) is 4.60.